The van der Waals surface area contributed by atoms with Gasteiger partial charge in [0, 0.05) is 37.1 Å². The van der Waals surface area contributed by atoms with E-state index in [1.165, 1.54) is 0 Å². The van der Waals surface area contributed by atoms with Crippen molar-refractivity contribution in [2.75, 3.05) is 59.7 Å². The Labute approximate surface area is 165 Å². The van der Waals surface area contributed by atoms with E-state index in [-0.39, 0.29) is 0 Å². The zero-order valence-corrected chi connectivity index (χ0v) is 17.3. The number of rotatable bonds is 10. The second kappa shape index (κ2) is 12.1. The molecule has 2 rings (SSSR count). The topological polar surface area (TPSA) is 55.3 Å². The minimum absolute atomic E-state index is 0.550. The highest BCUT2D eigenvalue weighted by Crippen LogP contribution is 2.18. The molecule has 1 fully saturated rings. The van der Waals surface area contributed by atoms with Gasteiger partial charge in [-0.25, -0.2) is 4.99 Å². The fourth-order valence-corrected chi connectivity index (χ4v) is 3.23. The van der Waals surface area contributed by atoms with Crippen molar-refractivity contribution < 1.29 is 14.2 Å². The van der Waals surface area contributed by atoms with E-state index in [1.807, 2.05) is 24.3 Å². The number of likely N-dealkylation sites (tertiary alicyclic amines) is 1. The monoisotopic (exact) mass is 427 g/mol. The summed E-state index contributed by atoms with van der Waals surface area (Å²) in [5.74, 6) is 2.37. The first-order valence-electron chi connectivity index (χ1n) is 9.21. The van der Waals surface area contributed by atoms with Crippen LogP contribution >= 0.6 is 15.9 Å². The summed E-state index contributed by atoms with van der Waals surface area (Å²) < 4.78 is 17.5. The highest BCUT2D eigenvalue weighted by Gasteiger charge is 2.24. The number of halogens is 1. The molecular weight excluding hydrogens is 398 g/mol. The lowest BCUT2D eigenvalue weighted by molar-refractivity contribution is 0.0536. The Morgan fingerprint density at radius 3 is 3.00 bits per heavy atom. The first-order valence-corrected chi connectivity index (χ1v) is 10.0. The third kappa shape index (κ3) is 7.51. The van der Waals surface area contributed by atoms with Crippen LogP contribution in [-0.2, 0) is 9.47 Å². The molecule has 0 aliphatic carbocycles. The second-order valence-electron chi connectivity index (χ2n) is 6.21. The molecule has 1 aromatic rings. The lowest BCUT2D eigenvalue weighted by Gasteiger charge is -2.21. The summed E-state index contributed by atoms with van der Waals surface area (Å²) in [6, 6.07) is 7.86. The summed E-state index contributed by atoms with van der Waals surface area (Å²) in [4.78, 5) is 7.02. The van der Waals surface area contributed by atoms with Crippen LogP contribution in [0, 0.1) is 5.92 Å². The zero-order valence-electron chi connectivity index (χ0n) is 15.7. The van der Waals surface area contributed by atoms with E-state index in [1.54, 1.807) is 7.11 Å². The van der Waals surface area contributed by atoms with Crippen LogP contribution in [0.15, 0.2) is 33.7 Å². The van der Waals surface area contributed by atoms with E-state index in [0.717, 1.165) is 48.8 Å². The molecule has 1 aliphatic heterocycles. The van der Waals surface area contributed by atoms with Crippen molar-refractivity contribution in [1.82, 2.24) is 10.2 Å². The Morgan fingerprint density at radius 1 is 1.35 bits per heavy atom. The molecule has 0 aromatic heterocycles. The van der Waals surface area contributed by atoms with Crippen molar-refractivity contribution in [1.29, 1.82) is 0 Å². The molecule has 1 heterocycles. The summed E-state index contributed by atoms with van der Waals surface area (Å²) in [5.41, 5.74) is 0. The Kier molecular flexibility index (Phi) is 9.81. The molecule has 0 amide bonds. The number of aliphatic imine (C=N–C) groups is 1. The summed E-state index contributed by atoms with van der Waals surface area (Å²) in [6.07, 6.45) is 1.13. The number of nitrogens with one attached hydrogen (secondary N) is 1. The summed E-state index contributed by atoms with van der Waals surface area (Å²) >= 11 is 3.45. The number of hydrogen-bond donors (Lipinski definition) is 1. The van der Waals surface area contributed by atoms with Crippen LogP contribution in [0.25, 0.3) is 0 Å². The molecule has 26 heavy (non-hydrogen) atoms. The van der Waals surface area contributed by atoms with Crippen molar-refractivity contribution in [3.8, 4) is 5.75 Å². The smallest absolute Gasteiger partial charge is 0.194 e. The first-order chi connectivity index (χ1) is 12.7. The standard InChI is InChI=1S/C19H30BrN3O3/c1-3-21-19(22-8-10-26-18-6-4-5-17(20)13-18)23-9-7-16(14-23)15-25-12-11-24-2/h4-6,13,16H,3,7-12,14-15H2,1-2H3,(H,21,22). The molecule has 1 unspecified atom stereocenters. The summed E-state index contributed by atoms with van der Waals surface area (Å²) in [6.45, 7) is 8.22. The van der Waals surface area contributed by atoms with Crippen molar-refractivity contribution in [3.05, 3.63) is 28.7 Å². The number of nitrogens with zero attached hydrogens (tertiary/aromatic N) is 2. The summed E-state index contributed by atoms with van der Waals surface area (Å²) in [5, 5.41) is 3.38. The average Bonchev–Trinajstić information content (AvgIpc) is 3.10. The first kappa shape index (κ1) is 21.0. The Balaban J connectivity index is 1.75. The highest BCUT2D eigenvalue weighted by molar-refractivity contribution is 9.10. The largest absolute Gasteiger partial charge is 0.492 e. The lowest BCUT2D eigenvalue weighted by atomic mass is 10.1. The maximum atomic E-state index is 5.76. The molecule has 0 bridgehead atoms. The van der Waals surface area contributed by atoms with Gasteiger partial charge in [0.25, 0.3) is 0 Å². The van der Waals surface area contributed by atoms with Gasteiger partial charge in [-0.15, -0.1) is 0 Å². The fraction of sp³-hybridized carbons (Fsp3) is 0.632. The van der Waals surface area contributed by atoms with Crippen molar-refractivity contribution in [2.24, 2.45) is 10.9 Å². The average molecular weight is 428 g/mol. The molecule has 0 saturated carbocycles. The lowest BCUT2D eigenvalue weighted by Crippen LogP contribution is -2.40. The van der Waals surface area contributed by atoms with Gasteiger partial charge in [0.2, 0.25) is 0 Å². The van der Waals surface area contributed by atoms with E-state index in [0.29, 0.717) is 32.3 Å². The van der Waals surface area contributed by atoms with Gasteiger partial charge in [-0.2, -0.15) is 0 Å². The zero-order chi connectivity index (χ0) is 18.6. The normalized spacial score (nSPS) is 17.6. The van der Waals surface area contributed by atoms with Gasteiger partial charge in [0.1, 0.15) is 12.4 Å². The predicted molar refractivity (Wildman–Crippen MR) is 108 cm³/mol. The van der Waals surface area contributed by atoms with Crippen LogP contribution in [-0.4, -0.2) is 70.6 Å². The van der Waals surface area contributed by atoms with E-state index < -0.39 is 0 Å². The molecular formula is C19H30BrN3O3. The maximum Gasteiger partial charge on any atom is 0.194 e. The van der Waals surface area contributed by atoms with Crippen LogP contribution in [0.1, 0.15) is 13.3 Å². The van der Waals surface area contributed by atoms with E-state index >= 15 is 0 Å². The minimum Gasteiger partial charge on any atom is -0.492 e. The molecule has 1 saturated heterocycles. The molecule has 146 valence electrons. The van der Waals surface area contributed by atoms with Gasteiger partial charge >= 0.3 is 0 Å². The molecule has 1 atom stereocenters. The number of ether oxygens (including phenoxy) is 3. The number of guanidine groups is 1. The molecule has 1 N–H and O–H groups in total. The van der Waals surface area contributed by atoms with Crippen LogP contribution in [0.3, 0.4) is 0 Å². The number of hydrogen-bond acceptors (Lipinski definition) is 4. The maximum absolute atomic E-state index is 5.76. The van der Waals surface area contributed by atoms with Gasteiger partial charge in [-0.1, -0.05) is 22.0 Å². The van der Waals surface area contributed by atoms with Crippen LogP contribution in [0.5, 0.6) is 5.75 Å². The van der Waals surface area contributed by atoms with Gasteiger partial charge in [0.15, 0.2) is 5.96 Å². The quantitative estimate of drug-likeness (QED) is 0.353. The number of methoxy groups -OCH3 is 1. The second-order valence-corrected chi connectivity index (χ2v) is 7.13. The molecule has 1 aliphatic rings. The molecule has 6 nitrogen and oxygen atoms in total. The van der Waals surface area contributed by atoms with Crippen LogP contribution in [0.4, 0.5) is 0 Å². The third-order valence-electron chi connectivity index (χ3n) is 4.12. The van der Waals surface area contributed by atoms with E-state index in [9.17, 15) is 0 Å². The fourth-order valence-electron chi connectivity index (χ4n) is 2.85. The minimum atomic E-state index is 0.550. The van der Waals surface area contributed by atoms with Crippen molar-refractivity contribution in [3.63, 3.8) is 0 Å². The van der Waals surface area contributed by atoms with Gasteiger partial charge in [-0.3, -0.25) is 0 Å². The number of benzene rings is 1. The molecule has 7 heteroatoms. The van der Waals surface area contributed by atoms with E-state index in [2.05, 4.69) is 33.1 Å². The highest BCUT2D eigenvalue weighted by atomic mass is 79.9. The van der Waals surface area contributed by atoms with E-state index in [4.69, 9.17) is 19.2 Å². The van der Waals surface area contributed by atoms with Gasteiger partial charge in [0.05, 0.1) is 26.4 Å². The Morgan fingerprint density at radius 2 is 2.23 bits per heavy atom. The van der Waals surface area contributed by atoms with Crippen LogP contribution < -0.4 is 10.1 Å². The Hall–Kier alpha value is -1.31. The molecule has 0 spiro atoms. The summed E-state index contributed by atoms with van der Waals surface area (Å²) in [7, 11) is 1.69. The third-order valence-corrected chi connectivity index (χ3v) is 4.62. The van der Waals surface area contributed by atoms with Crippen molar-refractivity contribution in [2.45, 2.75) is 13.3 Å². The Bertz CT molecular complexity index is 557. The van der Waals surface area contributed by atoms with Crippen molar-refractivity contribution >= 4 is 21.9 Å². The van der Waals surface area contributed by atoms with Crippen LogP contribution in [0.2, 0.25) is 0 Å². The SMILES string of the molecule is CCNC(=NCCOc1cccc(Br)c1)N1CCC(COCCOC)C1. The van der Waals surface area contributed by atoms with Gasteiger partial charge < -0.3 is 24.4 Å². The molecule has 0 radical (unpaired) electrons. The molecule has 1 aromatic carbocycles. The van der Waals surface area contributed by atoms with Gasteiger partial charge in [-0.05, 0) is 31.5 Å². The predicted octanol–water partition coefficient (Wildman–Crippen LogP) is 2.78.